The molecule has 37 heavy (non-hydrogen) atoms. The lowest BCUT2D eigenvalue weighted by Gasteiger charge is -2.33. The summed E-state index contributed by atoms with van der Waals surface area (Å²) in [5.74, 6) is -0.861. The van der Waals surface area contributed by atoms with Crippen molar-refractivity contribution in [3.8, 4) is 0 Å². The number of anilines is 1. The number of nitrogens with zero attached hydrogens (tertiary/aromatic N) is 2. The SMILES string of the molecule is CCC(C(=O)NC)N(Cc1ccccc1Cl)C(=O)CN(c1ccc(C)c(C)c1)S(=O)(=O)c1ccccc1. The zero-order chi connectivity index (χ0) is 27.2. The Morgan fingerprint density at radius 1 is 0.946 bits per heavy atom. The standard InChI is InChI=1S/C28H32ClN3O4S/c1-5-26(28(34)30-4)31(18-22-11-9-10-14-25(22)29)27(33)19-32(23-16-15-20(2)21(3)17-23)37(35,36)24-12-7-6-8-13-24/h6-17,26H,5,18-19H2,1-4H3,(H,30,34). The van der Waals surface area contributed by atoms with Crippen molar-refractivity contribution in [1.29, 1.82) is 0 Å². The van der Waals surface area contributed by atoms with E-state index in [1.807, 2.05) is 19.9 Å². The molecule has 1 N–H and O–H groups in total. The van der Waals surface area contributed by atoms with E-state index in [2.05, 4.69) is 5.32 Å². The van der Waals surface area contributed by atoms with E-state index in [1.165, 1.54) is 24.1 Å². The maximum absolute atomic E-state index is 13.9. The van der Waals surface area contributed by atoms with Crippen LogP contribution < -0.4 is 9.62 Å². The number of nitrogens with one attached hydrogen (secondary N) is 1. The predicted octanol–water partition coefficient (Wildman–Crippen LogP) is 4.71. The van der Waals surface area contributed by atoms with Gasteiger partial charge in [0, 0.05) is 18.6 Å². The number of aryl methyl sites for hydroxylation is 2. The van der Waals surface area contributed by atoms with Gasteiger partial charge >= 0.3 is 0 Å². The van der Waals surface area contributed by atoms with Crippen molar-refractivity contribution in [2.75, 3.05) is 17.9 Å². The predicted molar refractivity (Wildman–Crippen MR) is 147 cm³/mol. The molecule has 9 heteroatoms. The Morgan fingerprint density at radius 2 is 1.59 bits per heavy atom. The number of carbonyl (C=O) groups is 2. The van der Waals surface area contributed by atoms with Crippen molar-refractivity contribution in [2.45, 2.75) is 44.7 Å². The van der Waals surface area contributed by atoms with Crippen molar-refractivity contribution in [3.63, 3.8) is 0 Å². The second kappa shape index (κ2) is 12.3. The maximum Gasteiger partial charge on any atom is 0.264 e. The summed E-state index contributed by atoms with van der Waals surface area (Å²) in [5, 5.41) is 3.06. The van der Waals surface area contributed by atoms with E-state index in [1.54, 1.807) is 61.5 Å². The van der Waals surface area contributed by atoms with E-state index in [9.17, 15) is 18.0 Å². The zero-order valence-electron chi connectivity index (χ0n) is 21.4. The molecule has 0 bridgehead atoms. The van der Waals surface area contributed by atoms with E-state index >= 15 is 0 Å². The van der Waals surface area contributed by atoms with Gasteiger partial charge < -0.3 is 10.2 Å². The minimum atomic E-state index is -4.09. The van der Waals surface area contributed by atoms with Crippen LogP contribution >= 0.6 is 11.6 Å². The molecule has 0 saturated carbocycles. The lowest BCUT2D eigenvalue weighted by molar-refractivity contribution is -0.140. The fourth-order valence-electron chi connectivity index (χ4n) is 4.03. The summed E-state index contributed by atoms with van der Waals surface area (Å²) in [4.78, 5) is 28.1. The second-order valence-corrected chi connectivity index (χ2v) is 11.0. The van der Waals surface area contributed by atoms with Crippen LogP contribution in [0.3, 0.4) is 0 Å². The van der Waals surface area contributed by atoms with Crippen LogP contribution in [0.4, 0.5) is 5.69 Å². The molecular weight excluding hydrogens is 510 g/mol. The highest BCUT2D eigenvalue weighted by molar-refractivity contribution is 7.92. The average Bonchev–Trinajstić information content (AvgIpc) is 2.90. The molecule has 0 aliphatic rings. The number of benzene rings is 3. The molecule has 2 amide bonds. The van der Waals surface area contributed by atoms with Crippen LogP contribution in [-0.2, 0) is 26.2 Å². The van der Waals surface area contributed by atoms with Crippen LogP contribution in [0.5, 0.6) is 0 Å². The number of sulfonamides is 1. The summed E-state index contributed by atoms with van der Waals surface area (Å²) in [6.45, 7) is 5.18. The third kappa shape index (κ3) is 6.50. The van der Waals surface area contributed by atoms with Crippen molar-refractivity contribution < 1.29 is 18.0 Å². The van der Waals surface area contributed by atoms with Gasteiger partial charge in [0.25, 0.3) is 10.0 Å². The number of likely N-dealkylation sites (N-methyl/N-ethyl adjacent to an activating group) is 1. The third-order valence-electron chi connectivity index (χ3n) is 6.32. The maximum atomic E-state index is 13.9. The van der Waals surface area contributed by atoms with Crippen molar-refractivity contribution in [1.82, 2.24) is 10.2 Å². The van der Waals surface area contributed by atoms with E-state index in [0.29, 0.717) is 22.7 Å². The Labute approximate surface area is 224 Å². The average molecular weight is 542 g/mol. The van der Waals surface area contributed by atoms with E-state index in [4.69, 9.17) is 11.6 Å². The van der Waals surface area contributed by atoms with Crippen molar-refractivity contribution >= 4 is 39.1 Å². The van der Waals surface area contributed by atoms with Gasteiger partial charge in [0.05, 0.1) is 10.6 Å². The molecule has 0 spiro atoms. The van der Waals surface area contributed by atoms with E-state index in [-0.39, 0.29) is 17.3 Å². The summed E-state index contributed by atoms with van der Waals surface area (Å²) in [6, 6.07) is 19.5. The molecule has 1 atom stereocenters. The fourth-order valence-corrected chi connectivity index (χ4v) is 5.65. The molecule has 0 saturated heterocycles. The van der Waals surface area contributed by atoms with Crippen LogP contribution in [0.15, 0.2) is 77.7 Å². The highest BCUT2D eigenvalue weighted by Gasteiger charge is 2.33. The van der Waals surface area contributed by atoms with Gasteiger partial charge in [0.2, 0.25) is 11.8 Å². The van der Waals surface area contributed by atoms with E-state index in [0.717, 1.165) is 15.4 Å². The molecule has 196 valence electrons. The largest absolute Gasteiger partial charge is 0.357 e. The van der Waals surface area contributed by atoms with Gasteiger partial charge in [0.15, 0.2) is 0 Å². The Morgan fingerprint density at radius 3 is 2.19 bits per heavy atom. The van der Waals surface area contributed by atoms with Gasteiger partial charge in [-0.2, -0.15) is 0 Å². The first-order valence-corrected chi connectivity index (χ1v) is 13.8. The van der Waals surface area contributed by atoms with Gasteiger partial charge in [-0.25, -0.2) is 8.42 Å². The highest BCUT2D eigenvalue weighted by Crippen LogP contribution is 2.27. The van der Waals surface area contributed by atoms with Gasteiger partial charge in [-0.05, 0) is 67.3 Å². The number of hydrogen-bond acceptors (Lipinski definition) is 4. The number of amides is 2. The molecule has 0 aliphatic heterocycles. The van der Waals surface area contributed by atoms with Crippen LogP contribution in [0.25, 0.3) is 0 Å². The lowest BCUT2D eigenvalue weighted by Crippen LogP contribution is -2.51. The summed E-state index contributed by atoms with van der Waals surface area (Å²) in [6.07, 6.45) is 0.338. The molecule has 7 nitrogen and oxygen atoms in total. The number of carbonyl (C=O) groups excluding carboxylic acids is 2. The summed E-state index contributed by atoms with van der Waals surface area (Å²) in [7, 11) is -2.59. The Kier molecular flexibility index (Phi) is 9.34. The number of halogens is 1. The Balaban J connectivity index is 2.09. The monoisotopic (exact) mass is 541 g/mol. The molecule has 0 heterocycles. The Bertz CT molecular complexity index is 1360. The van der Waals surface area contributed by atoms with Crippen molar-refractivity contribution in [2.24, 2.45) is 0 Å². The van der Waals surface area contributed by atoms with Gasteiger partial charge in [-0.3, -0.25) is 13.9 Å². The molecule has 0 radical (unpaired) electrons. The quantitative estimate of drug-likeness (QED) is 0.403. The Hall–Kier alpha value is -3.36. The first-order chi connectivity index (χ1) is 17.6. The first-order valence-electron chi connectivity index (χ1n) is 12.0. The molecular formula is C28H32ClN3O4S. The van der Waals surface area contributed by atoms with Crippen LogP contribution in [0.2, 0.25) is 5.02 Å². The minimum absolute atomic E-state index is 0.0522. The molecule has 0 aliphatic carbocycles. The number of hydrogen-bond donors (Lipinski definition) is 1. The molecule has 3 aromatic carbocycles. The normalized spacial score (nSPS) is 12.0. The zero-order valence-corrected chi connectivity index (χ0v) is 23.0. The highest BCUT2D eigenvalue weighted by atomic mass is 35.5. The molecule has 3 aromatic rings. The summed E-state index contributed by atoms with van der Waals surface area (Å²) < 4.78 is 28.7. The molecule has 0 aromatic heterocycles. The molecule has 1 unspecified atom stereocenters. The van der Waals surface area contributed by atoms with Crippen LogP contribution in [0.1, 0.15) is 30.0 Å². The smallest absolute Gasteiger partial charge is 0.264 e. The first kappa shape index (κ1) is 28.2. The van der Waals surface area contributed by atoms with Gasteiger partial charge in [-0.1, -0.05) is 61.0 Å². The molecule has 0 fully saturated rings. The summed E-state index contributed by atoms with van der Waals surface area (Å²) >= 11 is 6.38. The third-order valence-corrected chi connectivity index (χ3v) is 8.48. The van der Waals surface area contributed by atoms with Gasteiger partial charge in [-0.15, -0.1) is 0 Å². The fraction of sp³-hybridized carbons (Fsp3) is 0.286. The molecule has 3 rings (SSSR count). The topological polar surface area (TPSA) is 86.8 Å². The lowest BCUT2D eigenvalue weighted by atomic mass is 10.1. The number of rotatable bonds is 10. The van der Waals surface area contributed by atoms with Crippen LogP contribution in [-0.4, -0.2) is 44.8 Å². The van der Waals surface area contributed by atoms with Crippen molar-refractivity contribution in [3.05, 3.63) is 94.5 Å². The van der Waals surface area contributed by atoms with E-state index < -0.39 is 28.5 Å². The summed E-state index contributed by atoms with van der Waals surface area (Å²) in [5.41, 5.74) is 2.91. The van der Waals surface area contributed by atoms with Crippen LogP contribution in [0, 0.1) is 13.8 Å². The minimum Gasteiger partial charge on any atom is -0.357 e. The van der Waals surface area contributed by atoms with Gasteiger partial charge in [0.1, 0.15) is 12.6 Å². The second-order valence-electron chi connectivity index (χ2n) is 8.74.